The lowest BCUT2D eigenvalue weighted by Crippen LogP contribution is -2.34. The van der Waals surface area contributed by atoms with Crippen LogP contribution in [-0.2, 0) is 10.8 Å². The summed E-state index contributed by atoms with van der Waals surface area (Å²) >= 11 is 0. The molecule has 3 aromatic rings. The van der Waals surface area contributed by atoms with Gasteiger partial charge in [0.15, 0.2) is 5.78 Å². The third-order valence-electron chi connectivity index (χ3n) is 6.53. The first-order valence-electron chi connectivity index (χ1n) is 10.2. The van der Waals surface area contributed by atoms with Crippen LogP contribution in [0.5, 0.6) is 0 Å². The Balaban J connectivity index is 1.80. The van der Waals surface area contributed by atoms with Crippen molar-refractivity contribution in [2.45, 2.75) is 51.4 Å². The molecule has 1 aliphatic rings. The molecule has 30 heavy (non-hydrogen) atoms. The average Bonchev–Trinajstić information content (AvgIpc) is 2.70. The fourth-order valence-electron chi connectivity index (χ4n) is 4.44. The van der Waals surface area contributed by atoms with E-state index < -0.39 is 11.8 Å². The Hall–Kier alpha value is -3.01. The number of ketones is 1. The molecule has 3 aromatic carbocycles. The molecule has 4 heteroatoms. The summed E-state index contributed by atoms with van der Waals surface area (Å²) in [6.45, 7) is 8.53. The fourth-order valence-corrected chi connectivity index (χ4v) is 4.44. The summed E-state index contributed by atoms with van der Waals surface area (Å²) in [6, 6.07) is 13.1. The van der Waals surface area contributed by atoms with Gasteiger partial charge >= 0.3 is 5.97 Å². The molecule has 0 amide bonds. The zero-order valence-corrected chi connectivity index (χ0v) is 17.7. The molecule has 154 valence electrons. The normalized spacial score (nSPS) is 16.8. The summed E-state index contributed by atoms with van der Waals surface area (Å²) in [4.78, 5) is 24.4. The van der Waals surface area contributed by atoms with E-state index in [2.05, 4.69) is 27.7 Å². The fraction of sp³-hybridized carbons (Fsp3) is 0.308. The van der Waals surface area contributed by atoms with Crippen molar-refractivity contribution in [1.29, 1.82) is 0 Å². The molecule has 0 atom stereocenters. The summed E-state index contributed by atoms with van der Waals surface area (Å²) in [7, 11) is 0. The van der Waals surface area contributed by atoms with Crippen molar-refractivity contribution in [3.8, 4) is 0 Å². The van der Waals surface area contributed by atoms with Crippen LogP contribution in [0.3, 0.4) is 0 Å². The number of fused-ring (bicyclic) bond motifs is 2. The molecule has 0 spiro atoms. The zero-order chi connectivity index (χ0) is 21.8. The minimum Gasteiger partial charge on any atom is -0.478 e. The third kappa shape index (κ3) is 3.30. The minimum absolute atomic E-state index is 0.0843. The van der Waals surface area contributed by atoms with Crippen LogP contribution >= 0.6 is 0 Å². The van der Waals surface area contributed by atoms with E-state index in [0.29, 0.717) is 5.56 Å². The first-order valence-corrected chi connectivity index (χ1v) is 10.2. The van der Waals surface area contributed by atoms with Crippen LogP contribution < -0.4 is 0 Å². The number of rotatable bonds is 3. The Kier molecular flexibility index (Phi) is 4.57. The van der Waals surface area contributed by atoms with E-state index >= 15 is 4.39 Å². The van der Waals surface area contributed by atoms with Crippen LogP contribution in [0, 0.1) is 5.82 Å². The topological polar surface area (TPSA) is 54.4 Å². The average molecular weight is 404 g/mol. The maximum absolute atomic E-state index is 15.1. The number of carboxylic acid groups (broad SMARTS) is 1. The molecule has 0 bridgehead atoms. The largest absolute Gasteiger partial charge is 0.478 e. The number of benzene rings is 3. The van der Waals surface area contributed by atoms with Gasteiger partial charge in [0.1, 0.15) is 5.82 Å². The molecular formula is C26H25FO3. The summed E-state index contributed by atoms with van der Waals surface area (Å²) in [5.41, 5.74) is 2.43. The highest BCUT2D eigenvalue weighted by atomic mass is 19.1. The molecule has 0 radical (unpaired) electrons. The first-order chi connectivity index (χ1) is 14.0. The monoisotopic (exact) mass is 404 g/mol. The molecule has 0 fully saturated rings. The van der Waals surface area contributed by atoms with E-state index in [1.807, 2.05) is 0 Å². The number of carbonyl (C=O) groups is 2. The number of hydrogen-bond donors (Lipinski definition) is 1. The second-order valence-corrected chi connectivity index (χ2v) is 9.56. The van der Waals surface area contributed by atoms with Crippen LogP contribution in [0.15, 0.2) is 48.5 Å². The second kappa shape index (κ2) is 6.76. The van der Waals surface area contributed by atoms with E-state index in [1.165, 1.54) is 6.07 Å². The van der Waals surface area contributed by atoms with Crippen LogP contribution in [0.1, 0.15) is 77.9 Å². The van der Waals surface area contributed by atoms with Gasteiger partial charge in [-0.1, -0.05) is 45.9 Å². The second-order valence-electron chi connectivity index (χ2n) is 9.56. The van der Waals surface area contributed by atoms with E-state index in [-0.39, 0.29) is 27.7 Å². The molecule has 0 aromatic heterocycles. The van der Waals surface area contributed by atoms with Gasteiger partial charge in [-0.15, -0.1) is 0 Å². The quantitative estimate of drug-likeness (QED) is 0.525. The summed E-state index contributed by atoms with van der Waals surface area (Å²) in [5.74, 6) is -1.86. The summed E-state index contributed by atoms with van der Waals surface area (Å²) in [6.07, 6.45) is 1.96. The molecule has 0 unspecified atom stereocenters. The van der Waals surface area contributed by atoms with Gasteiger partial charge in [-0.05, 0) is 75.9 Å². The highest BCUT2D eigenvalue weighted by Crippen LogP contribution is 2.46. The predicted molar refractivity (Wildman–Crippen MR) is 116 cm³/mol. The lowest BCUT2D eigenvalue weighted by atomic mass is 9.63. The minimum atomic E-state index is -1.00. The molecule has 0 heterocycles. The molecule has 0 saturated carbocycles. The number of aromatic carboxylic acids is 1. The Morgan fingerprint density at radius 2 is 1.30 bits per heavy atom. The number of hydrogen-bond acceptors (Lipinski definition) is 2. The number of carboxylic acids is 1. The zero-order valence-electron chi connectivity index (χ0n) is 17.7. The standard InChI is InChI=1S/C26H25FO3/c1-25(2)9-10-26(3,4)21-14-22(27)19(13-20(21)25)23(28)17-7-5-16-12-18(24(29)30)8-6-15(16)11-17/h5-8,11-14H,9-10H2,1-4H3,(H,29,30). The molecule has 1 N–H and O–H groups in total. The Bertz CT molecular complexity index is 1200. The van der Waals surface area contributed by atoms with Crippen molar-refractivity contribution in [2.24, 2.45) is 0 Å². The number of halogens is 1. The molecular weight excluding hydrogens is 379 g/mol. The van der Waals surface area contributed by atoms with Crippen molar-refractivity contribution < 1.29 is 19.1 Å². The van der Waals surface area contributed by atoms with Gasteiger partial charge in [0.25, 0.3) is 0 Å². The Morgan fingerprint density at radius 3 is 1.87 bits per heavy atom. The predicted octanol–water partition coefficient (Wildman–Crippen LogP) is 6.26. The highest BCUT2D eigenvalue weighted by Gasteiger charge is 2.38. The van der Waals surface area contributed by atoms with Gasteiger partial charge in [-0.2, -0.15) is 0 Å². The molecule has 4 rings (SSSR count). The summed E-state index contributed by atoms with van der Waals surface area (Å²) < 4.78 is 15.1. The van der Waals surface area contributed by atoms with Crippen LogP contribution in [0.4, 0.5) is 4.39 Å². The van der Waals surface area contributed by atoms with Gasteiger partial charge in [0.05, 0.1) is 11.1 Å². The van der Waals surface area contributed by atoms with Gasteiger partial charge in [0.2, 0.25) is 0 Å². The van der Waals surface area contributed by atoms with Gasteiger partial charge in [-0.25, -0.2) is 9.18 Å². The lowest BCUT2D eigenvalue weighted by Gasteiger charge is -2.42. The van der Waals surface area contributed by atoms with E-state index in [1.54, 1.807) is 42.5 Å². The van der Waals surface area contributed by atoms with Crippen molar-refractivity contribution in [2.75, 3.05) is 0 Å². The molecule has 3 nitrogen and oxygen atoms in total. The van der Waals surface area contributed by atoms with Crippen LogP contribution in [0.2, 0.25) is 0 Å². The van der Waals surface area contributed by atoms with Gasteiger partial charge in [-0.3, -0.25) is 4.79 Å². The molecule has 1 aliphatic carbocycles. The lowest BCUT2D eigenvalue weighted by molar-refractivity contribution is 0.0697. The van der Waals surface area contributed by atoms with Crippen molar-refractivity contribution >= 4 is 22.5 Å². The molecule has 0 aliphatic heterocycles. The first kappa shape index (κ1) is 20.3. The van der Waals surface area contributed by atoms with Gasteiger partial charge in [0, 0.05) is 5.56 Å². The highest BCUT2D eigenvalue weighted by molar-refractivity contribution is 6.11. The Morgan fingerprint density at radius 1 is 0.800 bits per heavy atom. The Labute approximate surface area is 175 Å². The maximum Gasteiger partial charge on any atom is 0.335 e. The van der Waals surface area contributed by atoms with Crippen molar-refractivity contribution in [3.05, 3.63) is 82.2 Å². The third-order valence-corrected chi connectivity index (χ3v) is 6.53. The summed E-state index contributed by atoms with van der Waals surface area (Å²) in [5, 5.41) is 10.6. The van der Waals surface area contributed by atoms with Crippen LogP contribution in [0.25, 0.3) is 10.8 Å². The molecule has 0 saturated heterocycles. The van der Waals surface area contributed by atoms with Crippen molar-refractivity contribution in [1.82, 2.24) is 0 Å². The van der Waals surface area contributed by atoms with E-state index in [9.17, 15) is 9.59 Å². The number of carbonyl (C=O) groups excluding carboxylic acids is 1. The van der Waals surface area contributed by atoms with E-state index in [4.69, 9.17) is 5.11 Å². The van der Waals surface area contributed by atoms with Crippen molar-refractivity contribution in [3.63, 3.8) is 0 Å². The maximum atomic E-state index is 15.1. The van der Waals surface area contributed by atoms with Gasteiger partial charge < -0.3 is 5.11 Å². The van der Waals surface area contributed by atoms with E-state index in [0.717, 1.165) is 34.7 Å². The smallest absolute Gasteiger partial charge is 0.335 e. The van der Waals surface area contributed by atoms with Crippen LogP contribution in [-0.4, -0.2) is 16.9 Å². The SMILES string of the molecule is CC1(C)CCC(C)(C)c2cc(C(=O)c3ccc4cc(C(=O)O)ccc4c3)c(F)cc21.